The first-order chi connectivity index (χ1) is 16.5. The van der Waals surface area contributed by atoms with Gasteiger partial charge in [0.25, 0.3) is 0 Å². The molecular formula is C25H24F6N2OS. The average molecular weight is 515 g/mol. The van der Waals surface area contributed by atoms with E-state index in [2.05, 4.69) is 64.5 Å². The van der Waals surface area contributed by atoms with Gasteiger partial charge in [-0.15, -0.1) is 11.3 Å². The van der Waals surface area contributed by atoms with Crippen molar-refractivity contribution in [2.75, 3.05) is 20.7 Å². The molecule has 10 heteroatoms. The van der Waals surface area contributed by atoms with E-state index in [1.54, 1.807) is 11.3 Å². The van der Waals surface area contributed by atoms with Crippen LogP contribution >= 0.6 is 11.3 Å². The monoisotopic (exact) mass is 514 g/mol. The lowest BCUT2D eigenvalue weighted by Gasteiger charge is -2.14. The lowest BCUT2D eigenvalue weighted by Crippen LogP contribution is -2.24. The number of likely N-dealkylation sites (N-methyl/N-ethyl adjacent to an activating group) is 1. The van der Waals surface area contributed by atoms with Gasteiger partial charge in [-0.1, -0.05) is 36.4 Å². The summed E-state index contributed by atoms with van der Waals surface area (Å²) in [5, 5.41) is 2.12. The van der Waals surface area contributed by atoms with E-state index in [-0.39, 0.29) is 18.2 Å². The summed E-state index contributed by atoms with van der Waals surface area (Å²) >= 11 is 1.80. The number of thiophene rings is 1. The van der Waals surface area contributed by atoms with Crippen molar-refractivity contribution in [1.29, 1.82) is 0 Å². The van der Waals surface area contributed by atoms with Gasteiger partial charge in [0, 0.05) is 32.0 Å². The van der Waals surface area contributed by atoms with Crippen LogP contribution in [0.5, 0.6) is 0 Å². The van der Waals surface area contributed by atoms with Crippen molar-refractivity contribution >= 4 is 17.2 Å². The van der Waals surface area contributed by atoms with Crippen LogP contribution in [0.4, 0.5) is 26.3 Å². The largest absolute Gasteiger partial charge is 0.416 e. The number of benzene rings is 2. The molecule has 0 radical (unpaired) electrons. The first-order valence-electron chi connectivity index (χ1n) is 10.6. The normalized spacial score (nSPS) is 16.1. The summed E-state index contributed by atoms with van der Waals surface area (Å²) < 4.78 is 78.7. The van der Waals surface area contributed by atoms with Crippen LogP contribution in [0.1, 0.15) is 33.2 Å². The Labute approximate surface area is 203 Å². The molecule has 0 saturated heterocycles. The maximum Gasteiger partial charge on any atom is 0.416 e. The van der Waals surface area contributed by atoms with Crippen LogP contribution in [0, 0.1) is 0 Å². The van der Waals surface area contributed by atoms with Crippen molar-refractivity contribution in [3.05, 3.63) is 93.2 Å². The molecule has 0 saturated carbocycles. The van der Waals surface area contributed by atoms with Gasteiger partial charge in [0.2, 0.25) is 0 Å². The Hall–Kier alpha value is -2.85. The van der Waals surface area contributed by atoms with Gasteiger partial charge in [-0.2, -0.15) is 26.3 Å². The predicted octanol–water partition coefficient (Wildman–Crippen LogP) is 7.25. The maximum absolute atomic E-state index is 12.4. The number of hydrogen-bond acceptors (Lipinski definition) is 4. The number of rotatable bonds is 5. The second-order valence-electron chi connectivity index (χ2n) is 7.96. The average Bonchev–Trinajstić information content (AvgIpc) is 3.44. The minimum atomic E-state index is -4.82. The third-order valence-electron chi connectivity index (χ3n) is 5.25. The minimum Gasteiger partial charge on any atom is -0.380 e. The molecule has 1 atom stereocenters. The number of alkyl halides is 6. The summed E-state index contributed by atoms with van der Waals surface area (Å²) in [5.41, 5.74) is -1.53. The van der Waals surface area contributed by atoms with Gasteiger partial charge in [0.1, 0.15) is 5.84 Å². The molecule has 3 aromatic rings. The second-order valence-corrected chi connectivity index (χ2v) is 8.99. The molecule has 1 aliphatic rings. The quantitative estimate of drug-likeness (QED) is 0.335. The van der Waals surface area contributed by atoms with Gasteiger partial charge >= 0.3 is 12.4 Å². The molecule has 4 rings (SSSR count). The molecule has 0 spiro atoms. The summed E-state index contributed by atoms with van der Waals surface area (Å²) in [6.07, 6.45) is -8.68. The second kappa shape index (κ2) is 11.3. The maximum atomic E-state index is 12.4. The van der Waals surface area contributed by atoms with Crippen molar-refractivity contribution in [1.82, 2.24) is 4.90 Å². The van der Waals surface area contributed by atoms with Gasteiger partial charge < -0.3 is 9.64 Å². The van der Waals surface area contributed by atoms with Gasteiger partial charge in [-0.05, 0) is 40.8 Å². The van der Waals surface area contributed by atoms with Crippen LogP contribution in [-0.2, 0) is 30.1 Å². The molecule has 2 aromatic carbocycles. The van der Waals surface area contributed by atoms with E-state index in [1.165, 1.54) is 23.4 Å². The lowest BCUT2D eigenvalue weighted by molar-refractivity contribution is -0.143. The highest BCUT2D eigenvalue weighted by Crippen LogP contribution is 2.36. The number of amidine groups is 1. The highest BCUT2D eigenvalue weighted by Gasteiger charge is 2.36. The molecular weight excluding hydrogens is 490 g/mol. The molecule has 0 bridgehead atoms. The van der Waals surface area contributed by atoms with Gasteiger partial charge in [-0.25, -0.2) is 0 Å². The topological polar surface area (TPSA) is 24.8 Å². The van der Waals surface area contributed by atoms with Crippen molar-refractivity contribution in [3.8, 4) is 0 Å². The van der Waals surface area contributed by atoms with Crippen LogP contribution in [-0.4, -0.2) is 31.4 Å². The Balaban J connectivity index is 0.000000196. The number of methoxy groups -OCH3 is 1. The Morgan fingerprint density at radius 2 is 1.57 bits per heavy atom. The van der Waals surface area contributed by atoms with Crippen LogP contribution in [0.2, 0.25) is 0 Å². The van der Waals surface area contributed by atoms with E-state index in [9.17, 15) is 26.3 Å². The first kappa shape index (κ1) is 26.7. The molecule has 0 unspecified atom stereocenters. The molecule has 188 valence electrons. The summed E-state index contributed by atoms with van der Waals surface area (Å²) in [5.74, 6) is 1.20. The van der Waals surface area contributed by atoms with Gasteiger partial charge in [-0.3, -0.25) is 4.99 Å². The summed E-state index contributed by atoms with van der Waals surface area (Å²) in [6, 6.07) is 16.5. The van der Waals surface area contributed by atoms with Gasteiger partial charge in [0.15, 0.2) is 0 Å². The molecule has 1 aliphatic heterocycles. The van der Waals surface area contributed by atoms with E-state index >= 15 is 0 Å². The molecule has 3 nitrogen and oxygen atoms in total. The lowest BCUT2D eigenvalue weighted by atomic mass is 10.1. The zero-order valence-electron chi connectivity index (χ0n) is 19.0. The van der Waals surface area contributed by atoms with Crippen molar-refractivity contribution in [2.24, 2.45) is 4.99 Å². The summed E-state index contributed by atoms with van der Waals surface area (Å²) in [6.45, 7) is 0.678. The Kier molecular flexibility index (Phi) is 8.60. The summed E-state index contributed by atoms with van der Waals surface area (Å²) in [7, 11) is 3.32. The fraction of sp³-hybridized carbons (Fsp3) is 0.320. The number of halogens is 6. The van der Waals surface area contributed by atoms with Crippen molar-refractivity contribution in [3.63, 3.8) is 0 Å². The predicted molar refractivity (Wildman–Crippen MR) is 124 cm³/mol. The third-order valence-corrected chi connectivity index (χ3v) is 6.12. The van der Waals surface area contributed by atoms with E-state index in [0.717, 1.165) is 13.0 Å². The molecule has 0 amide bonds. The highest BCUT2D eigenvalue weighted by atomic mass is 32.1. The summed E-state index contributed by atoms with van der Waals surface area (Å²) in [4.78, 5) is 8.52. The molecule has 1 aromatic heterocycles. The zero-order valence-corrected chi connectivity index (χ0v) is 19.8. The first-order valence-corrected chi connectivity index (χ1v) is 11.5. The number of ether oxygens (including phenoxy) is 1. The third kappa shape index (κ3) is 7.57. The smallest absolute Gasteiger partial charge is 0.380 e. The van der Waals surface area contributed by atoms with Crippen LogP contribution in [0.3, 0.4) is 0 Å². The van der Waals surface area contributed by atoms with Crippen LogP contribution in [0.15, 0.2) is 71.0 Å². The number of hydrogen-bond donors (Lipinski definition) is 0. The minimum absolute atomic E-state index is 0.0825. The van der Waals surface area contributed by atoms with E-state index < -0.39 is 23.5 Å². The fourth-order valence-corrected chi connectivity index (χ4v) is 4.26. The fourth-order valence-electron chi connectivity index (χ4n) is 3.56. The molecule has 35 heavy (non-hydrogen) atoms. The Bertz CT molecular complexity index is 1080. The molecule has 0 N–H and O–H groups in total. The standard InChI is InChI=1S/C15H16N2S.C10H8F6O/c1-17-11-14(12-6-3-2-4-7-12)16-15(17)10-13-8-5-9-18-13;1-17-5-6-2-7(9(11,12)13)4-8(3-6)10(14,15)16/h2-9,14H,10-11H2,1H3;2-4H,5H2,1H3/t14-;/m0./s1. The van der Waals surface area contributed by atoms with Crippen molar-refractivity contribution < 1.29 is 31.1 Å². The molecule has 0 aliphatic carbocycles. The zero-order chi connectivity index (χ0) is 25.6. The number of aliphatic imine (C=N–C) groups is 1. The van der Waals surface area contributed by atoms with Crippen molar-refractivity contribution in [2.45, 2.75) is 31.4 Å². The SMILES string of the molecule is CN1C[C@@H](c2ccccc2)N=C1Cc1cccs1.COCc1cc(C(F)(F)F)cc(C(F)(F)F)c1. The Morgan fingerprint density at radius 3 is 2.09 bits per heavy atom. The highest BCUT2D eigenvalue weighted by molar-refractivity contribution is 7.10. The van der Waals surface area contributed by atoms with Gasteiger partial charge in [0.05, 0.1) is 23.8 Å². The van der Waals surface area contributed by atoms with Crippen LogP contribution in [0.25, 0.3) is 0 Å². The number of nitrogens with zero attached hydrogens (tertiary/aromatic N) is 2. The van der Waals surface area contributed by atoms with E-state index in [0.29, 0.717) is 18.2 Å². The van der Waals surface area contributed by atoms with E-state index in [1.807, 2.05) is 0 Å². The van der Waals surface area contributed by atoms with Crippen LogP contribution < -0.4 is 0 Å². The Morgan fingerprint density at radius 1 is 0.943 bits per heavy atom. The van der Waals surface area contributed by atoms with E-state index in [4.69, 9.17) is 4.99 Å². The molecule has 2 heterocycles. The molecule has 0 fully saturated rings.